The van der Waals surface area contributed by atoms with Crippen LogP contribution in [0.25, 0.3) is 4.85 Å². The van der Waals surface area contributed by atoms with E-state index in [4.69, 9.17) is 35.0 Å². The zero-order valence-electron chi connectivity index (χ0n) is 17.6. The van der Waals surface area contributed by atoms with Gasteiger partial charge in [0.25, 0.3) is 5.70 Å². The summed E-state index contributed by atoms with van der Waals surface area (Å²) in [5.41, 5.74) is 3.83. The van der Waals surface area contributed by atoms with Crippen LogP contribution in [0.5, 0.6) is 0 Å². The topological polar surface area (TPSA) is 96.4 Å². The van der Waals surface area contributed by atoms with Gasteiger partial charge in [0, 0.05) is 0 Å². The van der Waals surface area contributed by atoms with E-state index in [-0.39, 0.29) is 11.6 Å². The molecule has 160 valence electrons. The second-order valence-corrected chi connectivity index (χ2v) is 7.87. The van der Waals surface area contributed by atoms with Crippen molar-refractivity contribution in [3.05, 3.63) is 90.5 Å². The monoisotopic (exact) mass is 466 g/mol. The summed E-state index contributed by atoms with van der Waals surface area (Å²) < 4.78 is 0. The van der Waals surface area contributed by atoms with Crippen LogP contribution < -0.4 is 0 Å². The molecule has 0 amide bonds. The Balaban J connectivity index is 0.000000235. The summed E-state index contributed by atoms with van der Waals surface area (Å²) in [7, 11) is 0. The summed E-state index contributed by atoms with van der Waals surface area (Å²) in [4.78, 5) is 48.6. The number of carbonyl (C=O) groups is 4. The predicted molar refractivity (Wildman–Crippen MR) is 120 cm³/mol. The lowest BCUT2D eigenvalue weighted by Gasteiger charge is -2.15. The van der Waals surface area contributed by atoms with Crippen molar-refractivity contribution in [2.75, 3.05) is 0 Å². The Bertz CT molecular complexity index is 1150. The highest BCUT2D eigenvalue weighted by Crippen LogP contribution is 2.30. The molecule has 0 aromatic rings. The molecule has 0 unspecified atom stereocenters. The number of hydrogen-bond acceptors (Lipinski definition) is 5. The maximum absolute atomic E-state index is 11.7. The average molecular weight is 467 g/mol. The molecular formula is C24H16Cl2N2O4. The number of nitrogens with zero attached hydrogens (tertiary/aromatic N) is 2. The van der Waals surface area contributed by atoms with Crippen LogP contribution in [0.15, 0.2) is 79.1 Å². The minimum Gasteiger partial charge on any atom is -0.301 e. The maximum atomic E-state index is 11.7. The molecule has 6 nitrogen and oxygen atoms in total. The summed E-state index contributed by atoms with van der Waals surface area (Å²) in [5, 5.41) is 7.51. The fraction of sp³-hybridized carbons (Fsp3) is 0.167. The molecule has 3 aliphatic rings. The van der Waals surface area contributed by atoms with E-state index >= 15 is 0 Å². The van der Waals surface area contributed by atoms with Gasteiger partial charge >= 0.3 is 0 Å². The van der Waals surface area contributed by atoms with Crippen molar-refractivity contribution in [3.8, 4) is 6.07 Å². The second kappa shape index (κ2) is 9.70. The van der Waals surface area contributed by atoms with Crippen LogP contribution in [-0.2, 0) is 19.2 Å². The third-order valence-electron chi connectivity index (χ3n) is 4.75. The normalized spacial score (nSPS) is 18.9. The fourth-order valence-electron chi connectivity index (χ4n) is 3.08. The van der Waals surface area contributed by atoms with Gasteiger partial charge in [0.15, 0.2) is 11.6 Å². The first-order chi connectivity index (χ1) is 14.9. The second-order valence-electron chi connectivity index (χ2n) is 7.11. The van der Waals surface area contributed by atoms with Crippen LogP contribution in [0.2, 0.25) is 0 Å². The first kappa shape index (κ1) is 24.7. The zero-order chi connectivity index (χ0) is 24.3. The van der Waals surface area contributed by atoms with Crippen LogP contribution in [0, 0.1) is 17.9 Å². The third-order valence-corrected chi connectivity index (χ3v) is 5.57. The quantitative estimate of drug-likeness (QED) is 0.378. The molecule has 0 atom stereocenters. The van der Waals surface area contributed by atoms with Crippen molar-refractivity contribution >= 4 is 46.3 Å². The molecule has 32 heavy (non-hydrogen) atoms. The molecule has 0 saturated carbocycles. The Morgan fingerprint density at radius 2 is 1.06 bits per heavy atom. The first-order valence-electron chi connectivity index (χ1n) is 9.17. The Morgan fingerprint density at radius 3 is 1.38 bits per heavy atom. The van der Waals surface area contributed by atoms with Crippen LogP contribution in [0.4, 0.5) is 0 Å². The summed E-state index contributed by atoms with van der Waals surface area (Å²) in [6.07, 6.45) is 7.53. The molecule has 3 aliphatic carbocycles. The maximum Gasteiger partial charge on any atom is 0.256 e. The Kier molecular flexibility index (Phi) is 7.48. The van der Waals surface area contributed by atoms with Crippen molar-refractivity contribution in [2.24, 2.45) is 0 Å². The number of nitriles is 1. The molecule has 0 aromatic carbocycles. The summed E-state index contributed by atoms with van der Waals surface area (Å²) >= 11 is 10.8. The van der Waals surface area contributed by atoms with Gasteiger partial charge in [0.2, 0.25) is 11.6 Å². The highest BCUT2D eigenvalue weighted by molar-refractivity contribution is 6.59. The van der Waals surface area contributed by atoms with E-state index in [1.807, 2.05) is 52.0 Å². The molecule has 0 spiro atoms. The predicted octanol–water partition coefficient (Wildman–Crippen LogP) is 4.76. The van der Waals surface area contributed by atoms with Gasteiger partial charge in [-0.15, -0.1) is 0 Å². The molecule has 0 fully saturated rings. The van der Waals surface area contributed by atoms with Crippen LogP contribution in [0.1, 0.15) is 27.7 Å². The minimum atomic E-state index is -0.886. The lowest BCUT2D eigenvalue weighted by atomic mass is 9.88. The van der Waals surface area contributed by atoms with Gasteiger partial charge in [-0.05, 0) is 85.4 Å². The molecule has 8 heteroatoms. The molecule has 0 heterocycles. The number of Topliss-reactive ketones (excluding diaryl/α,β-unsaturated/α-hetero) is 4. The number of hydrogen-bond donors (Lipinski definition) is 0. The third kappa shape index (κ3) is 4.68. The Morgan fingerprint density at radius 1 is 0.719 bits per heavy atom. The molecule has 0 aliphatic heterocycles. The minimum absolute atomic E-state index is 0.0904. The molecular weight excluding hydrogens is 451 g/mol. The number of carbonyl (C=O) groups excluding carboxylic acids is 4. The van der Waals surface area contributed by atoms with Gasteiger partial charge in [-0.1, -0.05) is 23.2 Å². The SMILES string of the molecule is CC1=CC(=C2C=C(C)C(=O)C(C)=C2)C=C(C)C1=O.[C-]#[N+]C1=C(C#N)C(=O)C(Cl)=C(Cl)C1=O. The molecule has 0 saturated heterocycles. The standard InChI is InChI=1S/C16H16O2.C8Cl2N2O2/c1-9-5-13(6-10(2)15(9)17)14-7-11(3)16(18)12(4)8-14;1-12-6-3(2-11)7(13)4(9)5(10)8(6)14/h5-8H,1-4H3;. The summed E-state index contributed by atoms with van der Waals surface area (Å²) in [6, 6.07) is 1.45. The molecule has 3 rings (SSSR count). The largest absolute Gasteiger partial charge is 0.301 e. The van der Waals surface area contributed by atoms with Crippen LogP contribution in [-0.4, -0.2) is 23.1 Å². The van der Waals surface area contributed by atoms with Crippen LogP contribution >= 0.6 is 23.2 Å². The lowest BCUT2D eigenvalue weighted by Crippen LogP contribution is -2.17. The zero-order valence-corrected chi connectivity index (χ0v) is 19.1. The number of rotatable bonds is 0. The van der Waals surface area contributed by atoms with E-state index in [1.54, 1.807) is 0 Å². The van der Waals surface area contributed by atoms with Crippen molar-refractivity contribution in [2.45, 2.75) is 27.7 Å². The Labute approximate surface area is 195 Å². The van der Waals surface area contributed by atoms with Gasteiger partial charge in [0.05, 0.1) is 17.7 Å². The molecule has 0 aromatic heterocycles. The van der Waals surface area contributed by atoms with Crippen molar-refractivity contribution in [1.29, 1.82) is 5.26 Å². The van der Waals surface area contributed by atoms with E-state index in [1.165, 1.54) is 6.07 Å². The molecule has 0 N–H and O–H groups in total. The van der Waals surface area contributed by atoms with Gasteiger partial charge in [-0.3, -0.25) is 14.4 Å². The van der Waals surface area contributed by atoms with E-state index in [0.29, 0.717) is 0 Å². The fourth-order valence-corrected chi connectivity index (χ4v) is 3.43. The van der Waals surface area contributed by atoms with Gasteiger partial charge in [-0.25, -0.2) is 4.85 Å². The molecule has 0 bridgehead atoms. The molecule has 0 radical (unpaired) electrons. The van der Waals surface area contributed by atoms with Crippen LogP contribution in [0.3, 0.4) is 0 Å². The summed E-state index contributed by atoms with van der Waals surface area (Å²) in [6.45, 7) is 13.9. The highest BCUT2D eigenvalue weighted by Gasteiger charge is 2.33. The van der Waals surface area contributed by atoms with Crippen molar-refractivity contribution < 1.29 is 19.2 Å². The van der Waals surface area contributed by atoms with Crippen molar-refractivity contribution in [1.82, 2.24) is 0 Å². The number of halogens is 2. The lowest BCUT2D eigenvalue weighted by molar-refractivity contribution is -0.115. The van der Waals surface area contributed by atoms with Gasteiger partial charge in [-0.2, -0.15) is 5.26 Å². The van der Waals surface area contributed by atoms with Gasteiger partial charge < -0.3 is 4.79 Å². The average Bonchev–Trinajstić information content (AvgIpc) is 2.76. The number of allylic oxidation sites excluding steroid dienone is 13. The van der Waals surface area contributed by atoms with E-state index in [2.05, 4.69) is 4.85 Å². The Hall–Kier alpha value is -3.58. The number of ketones is 4. The first-order valence-corrected chi connectivity index (χ1v) is 9.93. The van der Waals surface area contributed by atoms with Gasteiger partial charge in [0.1, 0.15) is 10.6 Å². The summed E-state index contributed by atoms with van der Waals surface area (Å²) in [5.74, 6) is -1.59. The van der Waals surface area contributed by atoms with Crippen molar-refractivity contribution in [3.63, 3.8) is 0 Å². The van der Waals surface area contributed by atoms with E-state index in [0.717, 1.165) is 33.4 Å². The van der Waals surface area contributed by atoms with E-state index < -0.39 is 32.9 Å². The highest BCUT2D eigenvalue weighted by atomic mass is 35.5. The smallest absolute Gasteiger partial charge is 0.256 e. The van der Waals surface area contributed by atoms with E-state index in [9.17, 15) is 19.2 Å².